The Labute approximate surface area is 120 Å². The second-order valence-corrected chi connectivity index (χ2v) is 5.48. The lowest BCUT2D eigenvalue weighted by atomic mass is 9.92. The summed E-state index contributed by atoms with van der Waals surface area (Å²) in [4.78, 5) is 0. The summed E-state index contributed by atoms with van der Waals surface area (Å²) >= 11 is 2.25. The maximum atomic E-state index is 13.7. The number of aliphatic hydroxyl groups excluding tert-OH is 1. The molecule has 2 aromatic rings. The topological polar surface area (TPSA) is 20.2 Å². The van der Waals surface area contributed by atoms with E-state index in [-0.39, 0.29) is 18.3 Å². The Morgan fingerprint density at radius 3 is 2.33 bits per heavy atom. The number of halogens is 2. The zero-order valence-corrected chi connectivity index (χ0v) is 12.0. The Bertz CT molecular complexity index is 510. The molecule has 0 aliphatic carbocycles. The minimum Gasteiger partial charge on any atom is -0.396 e. The fourth-order valence-electron chi connectivity index (χ4n) is 1.98. The van der Waals surface area contributed by atoms with Crippen molar-refractivity contribution in [2.75, 3.05) is 6.61 Å². The van der Waals surface area contributed by atoms with Crippen LogP contribution >= 0.6 is 22.6 Å². The van der Waals surface area contributed by atoms with E-state index in [4.69, 9.17) is 0 Å². The highest BCUT2D eigenvalue weighted by Gasteiger charge is 2.15. The first-order valence-corrected chi connectivity index (χ1v) is 6.88. The molecule has 1 nitrogen and oxygen atoms in total. The summed E-state index contributed by atoms with van der Waals surface area (Å²) < 4.78 is 14.9. The van der Waals surface area contributed by atoms with Crippen molar-refractivity contribution in [3.63, 3.8) is 0 Å². The maximum absolute atomic E-state index is 13.7. The van der Waals surface area contributed by atoms with Gasteiger partial charge in [0.1, 0.15) is 5.82 Å². The van der Waals surface area contributed by atoms with Crippen LogP contribution in [-0.4, -0.2) is 11.7 Å². The SMILES string of the molecule is OCC(Cc1ccc(I)cc1)c1ccccc1F. The third-order valence-electron chi connectivity index (χ3n) is 2.96. The molecule has 1 atom stereocenters. The van der Waals surface area contributed by atoms with Crippen molar-refractivity contribution >= 4 is 22.6 Å². The van der Waals surface area contributed by atoms with Gasteiger partial charge in [0.15, 0.2) is 0 Å². The monoisotopic (exact) mass is 356 g/mol. The lowest BCUT2D eigenvalue weighted by Crippen LogP contribution is -2.09. The molecule has 0 bridgehead atoms. The van der Waals surface area contributed by atoms with Crippen molar-refractivity contribution in [2.45, 2.75) is 12.3 Å². The van der Waals surface area contributed by atoms with E-state index >= 15 is 0 Å². The van der Waals surface area contributed by atoms with Gasteiger partial charge in [-0.2, -0.15) is 0 Å². The van der Waals surface area contributed by atoms with Crippen LogP contribution in [0, 0.1) is 9.39 Å². The van der Waals surface area contributed by atoms with Gasteiger partial charge in [0.25, 0.3) is 0 Å². The summed E-state index contributed by atoms with van der Waals surface area (Å²) in [6.45, 7) is -0.0487. The van der Waals surface area contributed by atoms with Gasteiger partial charge in [-0.15, -0.1) is 0 Å². The van der Waals surface area contributed by atoms with Gasteiger partial charge in [-0.05, 0) is 58.3 Å². The van der Waals surface area contributed by atoms with Crippen LogP contribution in [0.2, 0.25) is 0 Å². The minimum atomic E-state index is -0.248. The van der Waals surface area contributed by atoms with Crippen molar-refractivity contribution in [1.82, 2.24) is 0 Å². The molecule has 0 amide bonds. The summed E-state index contributed by atoms with van der Waals surface area (Å²) in [6.07, 6.45) is 0.647. The molecule has 2 rings (SSSR count). The molecule has 0 aromatic heterocycles. The molecule has 0 spiro atoms. The summed E-state index contributed by atoms with van der Waals surface area (Å²) in [7, 11) is 0. The van der Waals surface area contributed by atoms with Crippen molar-refractivity contribution in [3.05, 3.63) is 69.0 Å². The fourth-order valence-corrected chi connectivity index (χ4v) is 2.34. The number of hydrogen-bond donors (Lipinski definition) is 1. The molecule has 0 heterocycles. The molecular formula is C15H14FIO. The van der Waals surface area contributed by atoms with Crippen LogP contribution in [0.4, 0.5) is 4.39 Å². The van der Waals surface area contributed by atoms with E-state index in [1.54, 1.807) is 18.2 Å². The number of rotatable bonds is 4. The summed E-state index contributed by atoms with van der Waals surface area (Å²) in [6, 6.07) is 14.7. The van der Waals surface area contributed by atoms with Crippen molar-refractivity contribution in [2.24, 2.45) is 0 Å². The van der Waals surface area contributed by atoms with Crippen LogP contribution < -0.4 is 0 Å². The molecule has 1 unspecified atom stereocenters. The number of aliphatic hydroxyl groups is 1. The Morgan fingerprint density at radius 2 is 1.72 bits per heavy atom. The van der Waals surface area contributed by atoms with Gasteiger partial charge in [-0.3, -0.25) is 0 Å². The Hall–Kier alpha value is -0.940. The van der Waals surface area contributed by atoms with Gasteiger partial charge in [0.2, 0.25) is 0 Å². The molecule has 18 heavy (non-hydrogen) atoms. The van der Waals surface area contributed by atoms with Crippen LogP contribution in [0.3, 0.4) is 0 Å². The second-order valence-electron chi connectivity index (χ2n) is 4.23. The Balaban J connectivity index is 2.20. The summed E-state index contributed by atoms with van der Waals surface area (Å²) in [5.41, 5.74) is 1.69. The molecular weight excluding hydrogens is 342 g/mol. The third-order valence-corrected chi connectivity index (χ3v) is 3.68. The van der Waals surface area contributed by atoms with Gasteiger partial charge in [0, 0.05) is 9.49 Å². The van der Waals surface area contributed by atoms with E-state index in [9.17, 15) is 9.50 Å². The second kappa shape index (κ2) is 6.29. The highest BCUT2D eigenvalue weighted by atomic mass is 127. The average molecular weight is 356 g/mol. The van der Waals surface area contributed by atoms with Gasteiger partial charge in [0.05, 0.1) is 6.61 Å². The van der Waals surface area contributed by atoms with Crippen molar-refractivity contribution in [1.29, 1.82) is 0 Å². The number of benzene rings is 2. The van der Waals surface area contributed by atoms with E-state index in [0.29, 0.717) is 12.0 Å². The molecule has 1 N–H and O–H groups in total. The first kappa shape index (κ1) is 13.5. The third kappa shape index (κ3) is 3.29. The lowest BCUT2D eigenvalue weighted by molar-refractivity contribution is 0.261. The first-order chi connectivity index (χ1) is 8.70. The molecule has 0 saturated carbocycles. The van der Waals surface area contributed by atoms with E-state index in [1.165, 1.54) is 9.64 Å². The number of hydrogen-bond acceptors (Lipinski definition) is 1. The van der Waals surface area contributed by atoms with E-state index in [1.807, 2.05) is 24.3 Å². The van der Waals surface area contributed by atoms with Crippen molar-refractivity contribution in [3.8, 4) is 0 Å². The standard InChI is InChI=1S/C15H14FIO/c16-15-4-2-1-3-14(15)12(10-18)9-11-5-7-13(17)8-6-11/h1-8,12,18H,9-10H2. The highest BCUT2D eigenvalue weighted by Crippen LogP contribution is 2.23. The summed E-state index contributed by atoms with van der Waals surface area (Å²) in [5, 5.41) is 9.45. The lowest BCUT2D eigenvalue weighted by Gasteiger charge is -2.15. The largest absolute Gasteiger partial charge is 0.396 e. The molecule has 2 aromatic carbocycles. The van der Waals surface area contributed by atoms with Crippen molar-refractivity contribution < 1.29 is 9.50 Å². The van der Waals surface area contributed by atoms with Gasteiger partial charge < -0.3 is 5.11 Å². The molecule has 0 aliphatic rings. The first-order valence-electron chi connectivity index (χ1n) is 5.80. The van der Waals surface area contributed by atoms with Gasteiger partial charge in [-0.25, -0.2) is 4.39 Å². The highest BCUT2D eigenvalue weighted by molar-refractivity contribution is 14.1. The zero-order valence-electron chi connectivity index (χ0n) is 9.81. The van der Waals surface area contributed by atoms with Gasteiger partial charge in [-0.1, -0.05) is 30.3 Å². The maximum Gasteiger partial charge on any atom is 0.126 e. The molecule has 0 aliphatic heterocycles. The van der Waals surface area contributed by atoms with Crippen LogP contribution in [0.1, 0.15) is 17.0 Å². The van der Waals surface area contributed by atoms with E-state index in [0.717, 1.165) is 5.56 Å². The molecule has 0 fully saturated rings. The van der Waals surface area contributed by atoms with E-state index < -0.39 is 0 Å². The minimum absolute atomic E-state index is 0.0487. The van der Waals surface area contributed by atoms with Crippen LogP contribution in [0.25, 0.3) is 0 Å². The zero-order chi connectivity index (χ0) is 13.0. The van der Waals surface area contributed by atoms with Gasteiger partial charge >= 0.3 is 0 Å². The van der Waals surface area contributed by atoms with Crippen LogP contribution in [0.5, 0.6) is 0 Å². The average Bonchev–Trinajstić information content (AvgIpc) is 2.39. The van der Waals surface area contributed by atoms with Crippen LogP contribution in [0.15, 0.2) is 48.5 Å². The molecule has 3 heteroatoms. The predicted octanol–water partition coefficient (Wildman–Crippen LogP) is 3.75. The normalized spacial score (nSPS) is 12.4. The smallest absolute Gasteiger partial charge is 0.126 e. The fraction of sp³-hybridized carbons (Fsp3) is 0.200. The van der Waals surface area contributed by atoms with E-state index in [2.05, 4.69) is 22.6 Å². The quantitative estimate of drug-likeness (QED) is 0.828. The predicted molar refractivity (Wildman–Crippen MR) is 79.1 cm³/mol. The Morgan fingerprint density at radius 1 is 1.06 bits per heavy atom. The Kier molecular flexibility index (Phi) is 4.72. The molecule has 94 valence electrons. The van der Waals surface area contributed by atoms with Crippen LogP contribution in [-0.2, 0) is 6.42 Å². The summed E-state index contributed by atoms with van der Waals surface area (Å²) in [5.74, 6) is -0.437. The molecule has 0 radical (unpaired) electrons. The molecule has 0 saturated heterocycles.